The minimum atomic E-state index is 0.902. The number of hydrogen-bond acceptors (Lipinski definition) is 4. The molecule has 134 valence electrons. The van der Waals surface area contributed by atoms with Gasteiger partial charge in [0.25, 0.3) is 0 Å². The molecule has 1 aromatic heterocycles. The third-order valence-corrected chi connectivity index (χ3v) is 4.88. The van der Waals surface area contributed by atoms with Crippen LogP contribution in [0.1, 0.15) is 28.7 Å². The zero-order chi connectivity index (χ0) is 17.6. The number of benzene rings is 1. The van der Waals surface area contributed by atoms with E-state index >= 15 is 0 Å². The molecule has 0 aliphatic heterocycles. The molecule has 1 heterocycles. The largest absolute Gasteiger partial charge is 0.496 e. The molecule has 0 saturated heterocycles. The van der Waals surface area contributed by atoms with Gasteiger partial charge in [-0.1, -0.05) is 12.1 Å². The minimum absolute atomic E-state index is 0.902. The van der Waals surface area contributed by atoms with E-state index in [1.807, 2.05) is 18.5 Å². The maximum absolute atomic E-state index is 5.70. The molecule has 1 aliphatic rings. The van der Waals surface area contributed by atoms with Crippen molar-refractivity contribution in [3.8, 4) is 5.75 Å². The van der Waals surface area contributed by atoms with Gasteiger partial charge in [-0.2, -0.15) is 0 Å². The Hall–Kier alpha value is -1.91. The number of aromatic nitrogens is 1. The first-order valence-electron chi connectivity index (χ1n) is 9.10. The molecule has 25 heavy (non-hydrogen) atoms. The van der Waals surface area contributed by atoms with E-state index in [9.17, 15) is 0 Å². The van der Waals surface area contributed by atoms with Crippen molar-refractivity contribution in [2.45, 2.75) is 32.4 Å². The van der Waals surface area contributed by atoms with Gasteiger partial charge in [-0.25, -0.2) is 0 Å². The molecule has 4 heteroatoms. The summed E-state index contributed by atoms with van der Waals surface area (Å²) in [6.07, 6.45) is 7.44. The second-order valence-electron chi connectivity index (χ2n) is 7.16. The van der Waals surface area contributed by atoms with Crippen LogP contribution >= 0.6 is 0 Å². The van der Waals surface area contributed by atoms with Crippen LogP contribution in [0.2, 0.25) is 0 Å². The summed E-state index contributed by atoms with van der Waals surface area (Å²) in [4.78, 5) is 8.97. The van der Waals surface area contributed by atoms with Crippen LogP contribution in [0.5, 0.6) is 5.75 Å². The number of methoxy groups -OCH3 is 1. The van der Waals surface area contributed by atoms with E-state index < -0.39 is 0 Å². The highest BCUT2D eigenvalue weighted by atomic mass is 16.5. The topological polar surface area (TPSA) is 28.6 Å². The summed E-state index contributed by atoms with van der Waals surface area (Å²) in [7, 11) is 6.03. The lowest BCUT2D eigenvalue weighted by atomic mass is 10.0. The Labute approximate surface area is 151 Å². The molecular formula is C21H29N3O. The highest BCUT2D eigenvalue weighted by molar-refractivity contribution is 5.44. The number of nitrogens with zero attached hydrogens (tertiary/aromatic N) is 3. The number of fused-ring (bicyclic) bond motifs is 1. The van der Waals surface area contributed by atoms with E-state index in [2.05, 4.69) is 47.1 Å². The van der Waals surface area contributed by atoms with Crippen molar-refractivity contribution >= 4 is 0 Å². The molecule has 0 radical (unpaired) electrons. The average Bonchev–Trinajstić information content (AvgIpc) is 3.07. The fourth-order valence-corrected chi connectivity index (χ4v) is 3.51. The molecule has 0 fully saturated rings. The smallest absolute Gasteiger partial charge is 0.123 e. The van der Waals surface area contributed by atoms with Crippen LogP contribution in [-0.4, -0.2) is 49.1 Å². The fourth-order valence-electron chi connectivity index (χ4n) is 3.51. The van der Waals surface area contributed by atoms with Crippen LogP contribution in [0.3, 0.4) is 0 Å². The molecule has 0 spiro atoms. The van der Waals surface area contributed by atoms with Crippen LogP contribution in [-0.2, 0) is 25.9 Å². The Morgan fingerprint density at radius 2 is 1.88 bits per heavy atom. The number of aryl methyl sites for hydroxylation is 2. The maximum atomic E-state index is 5.70. The van der Waals surface area contributed by atoms with E-state index in [0.717, 1.165) is 31.9 Å². The number of likely N-dealkylation sites (N-methyl/N-ethyl adjacent to an activating group) is 1. The monoisotopic (exact) mass is 339 g/mol. The van der Waals surface area contributed by atoms with E-state index in [0.29, 0.717) is 0 Å². The molecule has 0 amide bonds. The highest BCUT2D eigenvalue weighted by Gasteiger charge is 2.17. The first kappa shape index (κ1) is 17.9. The SMILES string of the molecule is COc1cc2c(cc1CN(CCN(C)C)Cc1cccnc1)CCC2. The van der Waals surface area contributed by atoms with Gasteiger partial charge in [0.15, 0.2) is 0 Å². The Balaban J connectivity index is 1.79. The van der Waals surface area contributed by atoms with Crippen LogP contribution < -0.4 is 4.74 Å². The predicted molar refractivity (Wildman–Crippen MR) is 102 cm³/mol. The van der Waals surface area contributed by atoms with Crippen LogP contribution in [0.25, 0.3) is 0 Å². The van der Waals surface area contributed by atoms with Gasteiger partial charge < -0.3 is 9.64 Å². The zero-order valence-corrected chi connectivity index (χ0v) is 15.7. The van der Waals surface area contributed by atoms with Crippen molar-refractivity contribution < 1.29 is 4.74 Å². The van der Waals surface area contributed by atoms with Gasteiger partial charge in [0, 0.05) is 44.1 Å². The summed E-state index contributed by atoms with van der Waals surface area (Å²) in [6.45, 7) is 3.86. The lowest BCUT2D eigenvalue weighted by molar-refractivity contribution is 0.223. The van der Waals surface area contributed by atoms with Gasteiger partial charge in [0.1, 0.15) is 5.75 Å². The predicted octanol–water partition coefficient (Wildman–Crippen LogP) is 3.14. The van der Waals surface area contributed by atoms with Crippen molar-refractivity contribution in [3.63, 3.8) is 0 Å². The molecule has 2 aromatic rings. The van der Waals surface area contributed by atoms with E-state index in [4.69, 9.17) is 4.74 Å². The summed E-state index contributed by atoms with van der Waals surface area (Å²) >= 11 is 0. The summed E-state index contributed by atoms with van der Waals surface area (Å²) in [5, 5.41) is 0. The second kappa shape index (κ2) is 8.45. The van der Waals surface area contributed by atoms with Crippen LogP contribution in [0.15, 0.2) is 36.7 Å². The van der Waals surface area contributed by atoms with Crippen LogP contribution in [0, 0.1) is 0 Å². The number of rotatable bonds is 8. The van der Waals surface area contributed by atoms with Crippen molar-refractivity contribution in [2.75, 3.05) is 34.3 Å². The molecule has 1 aromatic carbocycles. The summed E-state index contributed by atoms with van der Waals surface area (Å²) in [5.74, 6) is 1.03. The molecule has 0 atom stereocenters. The number of hydrogen-bond donors (Lipinski definition) is 0. The first-order valence-corrected chi connectivity index (χ1v) is 9.10. The fraction of sp³-hybridized carbons (Fsp3) is 0.476. The molecule has 0 saturated carbocycles. The second-order valence-corrected chi connectivity index (χ2v) is 7.16. The summed E-state index contributed by atoms with van der Waals surface area (Å²) < 4.78 is 5.70. The molecule has 0 N–H and O–H groups in total. The Kier molecular flexibility index (Phi) is 6.05. The molecule has 1 aliphatic carbocycles. The lowest BCUT2D eigenvalue weighted by Gasteiger charge is -2.25. The minimum Gasteiger partial charge on any atom is -0.496 e. The van der Waals surface area contributed by atoms with Gasteiger partial charge in [-0.15, -0.1) is 0 Å². The maximum Gasteiger partial charge on any atom is 0.123 e. The third-order valence-electron chi connectivity index (χ3n) is 4.88. The van der Waals surface area contributed by atoms with Gasteiger partial charge in [0.05, 0.1) is 7.11 Å². The molecule has 4 nitrogen and oxygen atoms in total. The van der Waals surface area contributed by atoms with E-state index in [1.54, 1.807) is 7.11 Å². The number of ether oxygens (including phenoxy) is 1. The Morgan fingerprint density at radius 1 is 1.08 bits per heavy atom. The Morgan fingerprint density at radius 3 is 2.56 bits per heavy atom. The Bertz CT molecular complexity index is 685. The van der Waals surface area contributed by atoms with Crippen molar-refractivity contribution in [2.24, 2.45) is 0 Å². The van der Waals surface area contributed by atoms with Gasteiger partial charge in [-0.3, -0.25) is 9.88 Å². The van der Waals surface area contributed by atoms with Crippen molar-refractivity contribution in [1.82, 2.24) is 14.8 Å². The molecular weight excluding hydrogens is 310 g/mol. The quantitative estimate of drug-likeness (QED) is 0.739. The van der Waals surface area contributed by atoms with Gasteiger partial charge in [-0.05, 0) is 62.2 Å². The first-order chi connectivity index (χ1) is 12.2. The number of pyridine rings is 1. The van der Waals surface area contributed by atoms with Crippen molar-refractivity contribution in [1.29, 1.82) is 0 Å². The van der Waals surface area contributed by atoms with Gasteiger partial charge >= 0.3 is 0 Å². The average molecular weight is 339 g/mol. The molecule has 3 rings (SSSR count). The van der Waals surface area contributed by atoms with Crippen LogP contribution in [0.4, 0.5) is 0 Å². The molecule has 0 bridgehead atoms. The summed E-state index contributed by atoms with van der Waals surface area (Å²) in [6, 6.07) is 8.78. The normalized spacial score (nSPS) is 13.5. The van der Waals surface area contributed by atoms with E-state index in [1.165, 1.54) is 41.5 Å². The lowest BCUT2D eigenvalue weighted by Crippen LogP contribution is -2.31. The van der Waals surface area contributed by atoms with E-state index in [-0.39, 0.29) is 0 Å². The van der Waals surface area contributed by atoms with Crippen molar-refractivity contribution in [3.05, 3.63) is 58.9 Å². The van der Waals surface area contributed by atoms with Gasteiger partial charge in [0.2, 0.25) is 0 Å². The summed E-state index contributed by atoms with van der Waals surface area (Å²) in [5.41, 5.74) is 5.52. The zero-order valence-electron chi connectivity index (χ0n) is 15.7. The third kappa shape index (κ3) is 4.80. The highest BCUT2D eigenvalue weighted by Crippen LogP contribution is 2.30. The molecule has 0 unspecified atom stereocenters. The standard InChI is InChI=1S/C21H29N3O/c1-23(2)10-11-24(15-17-6-5-9-22-14-17)16-20-12-18-7-4-8-19(18)13-21(20)25-3/h5-6,9,12-14H,4,7-8,10-11,15-16H2,1-3H3.